The molecule has 0 saturated heterocycles. The Labute approximate surface area is 159 Å². The first-order chi connectivity index (χ1) is 13.3. The summed E-state index contributed by atoms with van der Waals surface area (Å²) in [6, 6.07) is 8.41. The summed E-state index contributed by atoms with van der Waals surface area (Å²) in [5.41, 5.74) is -0.518. The van der Waals surface area contributed by atoms with Gasteiger partial charge in [-0.3, -0.25) is 9.59 Å². The predicted molar refractivity (Wildman–Crippen MR) is 95.8 cm³/mol. The third-order valence-electron chi connectivity index (χ3n) is 3.74. The van der Waals surface area contributed by atoms with Crippen molar-refractivity contribution in [1.29, 1.82) is 0 Å². The van der Waals surface area contributed by atoms with Crippen LogP contribution in [0.1, 0.15) is 6.92 Å². The Balaban J connectivity index is 1.89. The second-order valence-corrected chi connectivity index (χ2v) is 5.67. The van der Waals surface area contributed by atoms with Crippen LogP contribution in [0, 0.1) is 17.5 Å². The van der Waals surface area contributed by atoms with Gasteiger partial charge in [0.1, 0.15) is 24.7 Å². The molecule has 2 rings (SSSR count). The summed E-state index contributed by atoms with van der Waals surface area (Å²) < 4.78 is 50.8. The summed E-state index contributed by atoms with van der Waals surface area (Å²) >= 11 is 0. The molecular formula is C19H19F3N2O4. The lowest BCUT2D eigenvalue weighted by Gasteiger charge is -2.21. The molecule has 0 saturated carbocycles. The molecule has 0 aliphatic carbocycles. The molecule has 2 amide bonds. The highest BCUT2D eigenvalue weighted by Crippen LogP contribution is 2.23. The molecule has 1 N–H and O–H groups in total. The molecule has 0 fully saturated rings. The fourth-order valence-corrected chi connectivity index (χ4v) is 2.32. The van der Waals surface area contributed by atoms with E-state index in [4.69, 9.17) is 9.47 Å². The third kappa shape index (κ3) is 5.38. The van der Waals surface area contributed by atoms with Crippen molar-refractivity contribution in [2.75, 3.05) is 31.7 Å². The van der Waals surface area contributed by atoms with Gasteiger partial charge in [-0.2, -0.15) is 0 Å². The molecule has 0 unspecified atom stereocenters. The van der Waals surface area contributed by atoms with Crippen LogP contribution in [-0.4, -0.2) is 38.6 Å². The fourth-order valence-electron chi connectivity index (χ4n) is 2.32. The van der Waals surface area contributed by atoms with Gasteiger partial charge >= 0.3 is 0 Å². The van der Waals surface area contributed by atoms with E-state index < -0.39 is 41.5 Å². The lowest BCUT2D eigenvalue weighted by atomic mass is 10.2. The average molecular weight is 396 g/mol. The smallest absolute Gasteiger partial charge is 0.240 e. The van der Waals surface area contributed by atoms with Gasteiger partial charge in [0.25, 0.3) is 0 Å². The van der Waals surface area contributed by atoms with Crippen molar-refractivity contribution in [3.05, 3.63) is 53.8 Å². The first-order valence-electron chi connectivity index (χ1n) is 8.28. The molecule has 0 heterocycles. The number of carbonyl (C=O) groups is 2. The van der Waals surface area contributed by atoms with Crippen molar-refractivity contribution >= 4 is 17.5 Å². The van der Waals surface area contributed by atoms with E-state index >= 15 is 0 Å². The average Bonchev–Trinajstić information content (AvgIpc) is 2.68. The summed E-state index contributed by atoms with van der Waals surface area (Å²) in [5, 5.41) is 2.50. The number of nitrogens with one attached hydrogen (secondary N) is 1. The number of nitrogens with zero attached hydrogens (tertiary/aromatic N) is 1. The highest BCUT2D eigenvalue weighted by Gasteiger charge is 2.23. The van der Waals surface area contributed by atoms with Crippen LogP contribution in [-0.2, 0) is 9.59 Å². The van der Waals surface area contributed by atoms with Crippen molar-refractivity contribution in [3.63, 3.8) is 0 Å². The first-order valence-corrected chi connectivity index (χ1v) is 8.28. The van der Waals surface area contributed by atoms with Crippen LogP contribution >= 0.6 is 0 Å². The van der Waals surface area contributed by atoms with Crippen LogP contribution in [0.2, 0.25) is 0 Å². The minimum Gasteiger partial charge on any atom is -0.497 e. The SMILES string of the molecule is COc1ccc(OCCNC(=O)CN(C(C)=O)c2ccc(F)c(F)c2F)cc1. The standard InChI is InChI=1S/C19H19F3N2O4/c1-12(25)24(16-8-7-15(20)18(21)19(16)22)11-17(26)23-9-10-28-14-5-3-13(27-2)4-6-14/h3-8H,9-11H2,1-2H3,(H,23,26). The second-order valence-electron chi connectivity index (χ2n) is 5.67. The largest absolute Gasteiger partial charge is 0.497 e. The van der Waals surface area contributed by atoms with Gasteiger partial charge in [-0.15, -0.1) is 0 Å². The molecule has 0 aromatic heterocycles. The Hall–Kier alpha value is -3.23. The minimum absolute atomic E-state index is 0.122. The van der Waals surface area contributed by atoms with Crippen molar-refractivity contribution in [2.45, 2.75) is 6.92 Å². The zero-order valence-corrected chi connectivity index (χ0v) is 15.3. The van der Waals surface area contributed by atoms with Crippen LogP contribution in [0.15, 0.2) is 36.4 Å². The molecular weight excluding hydrogens is 377 g/mol. The number of rotatable bonds is 8. The van der Waals surface area contributed by atoms with Gasteiger partial charge in [-0.25, -0.2) is 13.2 Å². The van der Waals surface area contributed by atoms with Gasteiger partial charge < -0.3 is 19.7 Å². The molecule has 9 heteroatoms. The predicted octanol–water partition coefficient (Wildman–Crippen LogP) is 2.66. The molecule has 0 atom stereocenters. The number of halogens is 3. The Bertz CT molecular complexity index is 844. The highest BCUT2D eigenvalue weighted by atomic mass is 19.2. The molecule has 0 spiro atoms. The molecule has 150 valence electrons. The number of anilines is 1. The Morgan fingerprint density at radius 1 is 1.00 bits per heavy atom. The normalized spacial score (nSPS) is 10.3. The molecule has 0 aliphatic heterocycles. The van der Waals surface area contributed by atoms with Crippen LogP contribution < -0.4 is 19.7 Å². The summed E-state index contributed by atoms with van der Waals surface area (Å²) in [4.78, 5) is 24.5. The number of hydrogen-bond acceptors (Lipinski definition) is 4. The Morgan fingerprint density at radius 3 is 2.25 bits per heavy atom. The Morgan fingerprint density at radius 2 is 1.64 bits per heavy atom. The summed E-state index contributed by atoms with van der Waals surface area (Å²) in [5.74, 6) is -4.70. The van der Waals surface area contributed by atoms with Crippen LogP contribution in [0.25, 0.3) is 0 Å². The first kappa shape index (κ1) is 21.1. The van der Waals surface area contributed by atoms with Gasteiger partial charge in [0, 0.05) is 6.92 Å². The van der Waals surface area contributed by atoms with Crippen molar-refractivity contribution in [1.82, 2.24) is 5.32 Å². The number of ether oxygens (including phenoxy) is 2. The Kier molecular flexibility index (Phi) is 7.25. The molecule has 2 aromatic carbocycles. The fraction of sp³-hybridized carbons (Fsp3) is 0.263. The topological polar surface area (TPSA) is 67.9 Å². The summed E-state index contributed by atoms with van der Waals surface area (Å²) in [6.45, 7) is 0.801. The van der Waals surface area contributed by atoms with Crippen LogP contribution in [0.3, 0.4) is 0 Å². The van der Waals surface area contributed by atoms with E-state index in [9.17, 15) is 22.8 Å². The van der Waals surface area contributed by atoms with E-state index in [2.05, 4.69) is 5.32 Å². The number of methoxy groups -OCH3 is 1. The quantitative estimate of drug-likeness (QED) is 0.550. The third-order valence-corrected chi connectivity index (χ3v) is 3.74. The van der Waals surface area contributed by atoms with Crippen LogP contribution in [0.5, 0.6) is 11.5 Å². The van der Waals surface area contributed by atoms with E-state index in [1.165, 1.54) is 0 Å². The highest BCUT2D eigenvalue weighted by molar-refractivity contribution is 5.97. The van der Waals surface area contributed by atoms with Crippen LogP contribution in [0.4, 0.5) is 18.9 Å². The van der Waals surface area contributed by atoms with Gasteiger partial charge in [0.15, 0.2) is 17.5 Å². The number of amides is 2. The molecule has 0 aliphatic rings. The lowest BCUT2D eigenvalue weighted by molar-refractivity contribution is -0.123. The summed E-state index contributed by atoms with van der Waals surface area (Å²) in [6.07, 6.45) is 0. The number of benzene rings is 2. The van der Waals surface area contributed by atoms with Gasteiger partial charge in [-0.05, 0) is 36.4 Å². The van der Waals surface area contributed by atoms with Gasteiger partial charge in [0.05, 0.1) is 19.3 Å². The maximum absolute atomic E-state index is 13.9. The van der Waals surface area contributed by atoms with E-state index in [1.807, 2.05) is 0 Å². The van der Waals surface area contributed by atoms with Crippen molar-refractivity contribution < 1.29 is 32.2 Å². The zero-order chi connectivity index (χ0) is 20.7. The summed E-state index contributed by atoms with van der Waals surface area (Å²) in [7, 11) is 1.54. The maximum atomic E-state index is 13.9. The maximum Gasteiger partial charge on any atom is 0.240 e. The van der Waals surface area contributed by atoms with E-state index in [0.717, 1.165) is 17.9 Å². The molecule has 0 bridgehead atoms. The number of hydrogen-bond donors (Lipinski definition) is 1. The lowest BCUT2D eigenvalue weighted by Crippen LogP contribution is -2.41. The zero-order valence-electron chi connectivity index (χ0n) is 15.3. The van der Waals surface area contributed by atoms with E-state index in [0.29, 0.717) is 17.6 Å². The van der Waals surface area contributed by atoms with E-state index in [1.54, 1.807) is 31.4 Å². The van der Waals surface area contributed by atoms with Gasteiger partial charge in [0.2, 0.25) is 11.8 Å². The van der Waals surface area contributed by atoms with Crippen molar-refractivity contribution in [2.24, 2.45) is 0 Å². The second kappa shape index (κ2) is 9.63. The monoisotopic (exact) mass is 396 g/mol. The van der Waals surface area contributed by atoms with E-state index in [-0.39, 0.29) is 13.2 Å². The minimum atomic E-state index is -1.71. The molecule has 6 nitrogen and oxygen atoms in total. The van der Waals surface area contributed by atoms with Crippen molar-refractivity contribution in [3.8, 4) is 11.5 Å². The van der Waals surface area contributed by atoms with Gasteiger partial charge in [-0.1, -0.05) is 0 Å². The number of carbonyl (C=O) groups excluding carboxylic acids is 2. The molecule has 28 heavy (non-hydrogen) atoms. The molecule has 2 aromatic rings. The molecule has 0 radical (unpaired) electrons.